The maximum absolute atomic E-state index is 3.64. The molecule has 1 aromatic carbocycles. The van der Waals surface area contributed by atoms with Crippen LogP contribution in [0.3, 0.4) is 0 Å². The van der Waals surface area contributed by atoms with E-state index in [1.165, 1.54) is 36.9 Å². The Morgan fingerprint density at radius 3 is 2.42 bits per heavy atom. The van der Waals surface area contributed by atoms with Crippen LogP contribution >= 0.6 is 0 Å². The van der Waals surface area contributed by atoms with E-state index in [-0.39, 0.29) is 0 Å². The minimum Gasteiger partial charge on any atom is -0.378 e. The van der Waals surface area contributed by atoms with E-state index in [0.29, 0.717) is 6.04 Å². The number of rotatable bonds is 5. The van der Waals surface area contributed by atoms with Gasteiger partial charge in [0.25, 0.3) is 0 Å². The summed E-state index contributed by atoms with van der Waals surface area (Å²) in [4.78, 5) is 2.14. The fraction of sp³-hybridized carbons (Fsp3) is 0.529. The molecule has 19 heavy (non-hydrogen) atoms. The number of allylic oxidation sites excluding steroid dienone is 1. The van der Waals surface area contributed by atoms with E-state index in [1.54, 1.807) is 5.57 Å². The van der Waals surface area contributed by atoms with Crippen LogP contribution in [0, 0.1) is 0 Å². The van der Waals surface area contributed by atoms with Gasteiger partial charge in [0.05, 0.1) is 6.04 Å². The lowest BCUT2D eigenvalue weighted by molar-refractivity contribution is 0.564. The Morgan fingerprint density at radius 1 is 1.16 bits per heavy atom. The maximum Gasteiger partial charge on any atom is 0.0535 e. The van der Waals surface area contributed by atoms with Crippen molar-refractivity contribution in [1.82, 2.24) is 5.32 Å². The molecular formula is C17H26N2. The predicted octanol–water partition coefficient (Wildman–Crippen LogP) is 3.90. The van der Waals surface area contributed by atoms with Crippen molar-refractivity contribution in [1.29, 1.82) is 0 Å². The van der Waals surface area contributed by atoms with Gasteiger partial charge in [0.15, 0.2) is 0 Å². The molecule has 1 unspecified atom stereocenters. The molecule has 2 heteroatoms. The third-order valence-electron chi connectivity index (χ3n) is 3.85. The molecule has 0 saturated carbocycles. The van der Waals surface area contributed by atoms with Crippen molar-refractivity contribution in [3.63, 3.8) is 0 Å². The minimum atomic E-state index is 0.404. The first-order chi connectivity index (χ1) is 9.22. The van der Waals surface area contributed by atoms with E-state index in [0.717, 1.165) is 6.54 Å². The van der Waals surface area contributed by atoms with E-state index in [2.05, 4.69) is 61.6 Å². The third-order valence-corrected chi connectivity index (χ3v) is 3.85. The summed E-state index contributed by atoms with van der Waals surface area (Å²) >= 11 is 0. The van der Waals surface area contributed by atoms with Crippen molar-refractivity contribution < 1.29 is 0 Å². The predicted molar refractivity (Wildman–Crippen MR) is 83.7 cm³/mol. The quantitative estimate of drug-likeness (QED) is 0.806. The van der Waals surface area contributed by atoms with Gasteiger partial charge in [-0.2, -0.15) is 0 Å². The molecule has 1 N–H and O–H groups in total. The Balaban J connectivity index is 2.20. The second-order valence-electron chi connectivity index (χ2n) is 5.50. The van der Waals surface area contributed by atoms with Gasteiger partial charge in [-0.25, -0.2) is 0 Å². The summed E-state index contributed by atoms with van der Waals surface area (Å²) < 4.78 is 0. The van der Waals surface area contributed by atoms with Crippen LogP contribution in [0.2, 0.25) is 0 Å². The van der Waals surface area contributed by atoms with Crippen LogP contribution in [-0.2, 0) is 0 Å². The topological polar surface area (TPSA) is 15.3 Å². The van der Waals surface area contributed by atoms with Crippen molar-refractivity contribution in [3.05, 3.63) is 41.5 Å². The molecule has 0 spiro atoms. The summed E-state index contributed by atoms with van der Waals surface area (Å²) in [5.74, 6) is 0. The summed E-state index contributed by atoms with van der Waals surface area (Å²) in [6, 6.07) is 9.35. The van der Waals surface area contributed by atoms with E-state index in [1.807, 2.05) is 0 Å². The van der Waals surface area contributed by atoms with E-state index >= 15 is 0 Å². The first kappa shape index (κ1) is 14.1. The molecule has 1 aromatic rings. The van der Waals surface area contributed by atoms with Crippen molar-refractivity contribution in [3.8, 4) is 0 Å². The number of benzene rings is 1. The molecule has 1 atom stereocenters. The lowest BCUT2D eigenvalue weighted by atomic mass is 9.89. The molecule has 1 aliphatic rings. The van der Waals surface area contributed by atoms with Crippen molar-refractivity contribution in [2.75, 3.05) is 25.5 Å². The number of hydrogen-bond donors (Lipinski definition) is 1. The van der Waals surface area contributed by atoms with Gasteiger partial charge < -0.3 is 10.2 Å². The van der Waals surface area contributed by atoms with Crippen LogP contribution in [0.4, 0.5) is 5.69 Å². The zero-order valence-electron chi connectivity index (χ0n) is 12.4. The molecule has 0 radical (unpaired) electrons. The molecule has 1 aliphatic carbocycles. The molecular weight excluding hydrogens is 232 g/mol. The highest BCUT2D eigenvalue weighted by Gasteiger charge is 2.17. The monoisotopic (exact) mass is 258 g/mol. The van der Waals surface area contributed by atoms with E-state index < -0.39 is 0 Å². The average molecular weight is 258 g/mol. The molecule has 0 aromatic heterocycles. The highest BCUT2D eigenvalue weighted by molar-refractivity contribution is 5.47. The van der Waals surface area contributed by atoms with E-state index in [4.69, 9.17) is 0 Å². The smallest absolute Gasteiger partial charge is 0.0535 e. The fourth-order valence-electron chi connectivity index (χ4n) is 2.76. The minimum absolute atomic E-state index is 0.404. The Labute approximate surface area is 117 Å². The van der Waals surface area contributed by atoms with Gasteiger partial charge in [-0.1, -0.05) is 30.7 Å². The molecule has 0 bridgehead atoms. The Kier molecular flexibility index (Phi) is 5.03. The molecule has 0 fully saturated rings. The lowest BCUT2D eigenvalue weighted by Crippen LogP contribution is -2.23. The molecule has 2 rings (SSSR count). The van der Waals surface area contributed by atoms with Crippen LogP contribution in [0.25, 0.3) is 0 Å². The number of nitrogens with one attached hydrogen (secondary N) is 1. The summed E-state index contributed by atoms with van der Waals surface area (Å²) in [7, 11) is 4.17. The maximum atomic E-state index is 3.64. The van der Waals surface area contributed by atoms with Gasteiger partial charge in [-0.15, -0.1) is 0 Å². The Bertz CT molecular complexity index is 417. The van der Waals surface area contributed by atoms with Gasteiger partial charge in [0.2, 0.25) is 0 Å². The average Bonchev–Trinajstić information content (AvgIpc) is 2.46. The highest BCUT2D eigenvalue weighted by atomic mass is 15.1. The first-order valence-corrected chi connectivity index (χ1v) is 7.42. The zero-order chi connectivity index (χ0) is 13.7. The third kappa shape index (κ3) is 3.60. The van der Waals surface area contributed by atoms with E-state index in [9.17, 15) is 0 Å². The van der Waals surface area contributed by atoms with Crippen molar-refractivity contribution >= 4 is 5.69 Å². The van der Waals surface area contributed by atoms with Crippen LogP contribution in [0.1, 0.15) is 44.2 Å². The van der Waals surface area contributed by atoms with Crippen LogP contribution in [0.15, 0.2) is 35.9 Å². The van der Waals surface area contributed by atoms with Crippen LogP contribution in [0.5, 0.6) is 0 Å². The Hall–Kier alpha value is -1.28. The number of hydrogen-bond acceptors (Lipinski definition) is 2. The normalized spacial score (nSPS) is 16.9. The van der Waals surface area contributed by atoms with Crippen molar-refractivity contribution in [2.45, 2.75) is 38.6 Å². The zero-order valence-corrected chi connectivity index (χ0v) is 12.4. The largest absolute Gasteiger partial charge is 0.378 e. The molecule has 0 saturated heterocycles. The second-order valence-corrected chi connectivity index (χ2v) is 5.50. The standard InChI is InChI=1S/C17H26N2/c1-4-18-17(14-8-6-5-7-9-14)15-10-12-16(13-11-15)19(2)3/h8,10-13,17-18H,4-7,9H2,1-3H3. The molecule has 0 amide bonds. The molecule has 0 heterocycles. The number of likely N-dealkylation sites (N-methyl/N-ethyl adjacent to an activating group) is 1. The summed E-state index contributed by atoms with van der Waals surface area (Å²) in [5.41, 5.74) is 4.22. The van der Waals surface area contributed by atoms with Gasteiger partial charge in [0, 0.05) is 19.8 Å². The van der Waals surface area contributed by atoms with Gasteiger partial charge >= 0.3 is 0 Å². The highest BCUT2D eigenvalue weighted by Crippen LogP contribution is 2.30. The summed E-state index contributed by atoms with van der Waals surface area (Å²) in [5, 5.41) is 3.64. The second kappa shape index (κ2) is 6.76. The van der Waals surface area contributed by atoms with Crippen molar-refractivity contribution in [2.24, 2.45) is 0 Å². The van der Waals surface area contributed by atoms with Gasteiger partial charge in [0.1, 0.15) is 0 Å². The SMILES string of the molecule is CCNC(C1=CCCCC1)c1ccc(N(C)C)cc1. The van der Waals surface area contributed by atoms with Crippen LogP contribution in [-0.4, -0.2) is 20.6 Å². The first-order valence-electron chi connectivity index (χ1n) is 7.42. The fourth-order valence-corrected chi connectivity index (χ4v) is 2.76. The van der Waals surface area contributed by atoms with Gasteiger partial charge in [-0.05, 0) is 49.9 Å². The molecule has 104 valence electrons. The number of nitrogens with zero attached hydrogens (tertiary/aromatic N) is 1. The lowest BCUT2D eigenvalue weighted by Gasteiger charge is -2.25. The van der Waals surface area contributed by atoms with Crippen LogP contribution < -0.4 is 10.2 Å². The van der Waals surface area contributed by atoms with Gasteiger partial charge in [-0.3, -0.25) is 0 Å². The molecule has 2 nitrogen and oxygen atoms in total. The number of anilines is 1. The summed E-state index contributed by atoms with van der Waals surface area (Å²) in [6.07, 6.45) is 7.61. The Morgan fingerprint density at radius 2 is 1.89 bits per heavy atom. The summed E-state index contributed by atoms with van der Waals surface area (Å²) in [6.45, 7) is 3.20. The molecule has 0 aliphatic heterocycles.